The first-order chi connectivity index (χ1) is 31.7. The van der Waals surface area contributed by atoms with Crippen LogP contribution in [-0.2, 0) is 10.8 Å². The lowest BCUT2D eigenvalue weighted by Gasteiger charge is -2.51. The van der Waals surface area contributed by atoms with Gasteiger partial charge in [-0.25, -0.2) is 0 Å². The highest BCUT2D eigenvalue weighted by atomic mass is 32.2. The van der Waals surface area contributed by atoms with Crippen LogP contribution in [0.15, 0.2) is 223 Å². The van der Waals surface area contributed by atoms with Crippen LogP contribution in [0.1, 0.15) is 43.1 Å². The zero-order chi connectivity index (χ0) is 41.7. The lowest BCUT2D eigenvalue weighted by molar-refractivity contribution is 0.609. The minimum atomic E-state index is -0.635. The van der Waals surface area contributed by atoms with Gasteiger partial charge in [0.2, 0.25) is 0 Å². The van der Waals surface area contributed by atoms with E-state index in [1.807, 2.05) is 46.2 Å². The van der Waals surface area contributed by atoms with Crippen LogP contribution in [0.3, 0.4) is 0 Å². The number of hydrogen-bond acceptors (Lipinski definition) is 6. The van der Waals surface area contributed by atoms with Gasteiger partial charge in [-0.2, -0.15) is 0 Å². The van der Waals surface area contributed by atoms with Crippen LogP contribution in [0.25, 0.3) is 64.8 Å². The smallest absolute Gasteiger partial charge is 0.144 e. The van der Waals surface area contributed by atoms with Crippen molar-refractivity contribution >= 4 is 90.1 Å². The monoisotopic (exact) mass is 888 g/mol. The lowest BCUT2D eigenvalue weighted by atomic mass is 9.55. The number of furan rings is 2. The van der Waals surface area contributed by atoms with Crippen LogP contribution in [0.4, 0.5) is 0 Å². The molecule has 4 aromatic heterocycles. The van der Waals surface area contributed by atoms with Crippen LogP contribution >= 0.6 is 46.2 Å². The molecule has 0 unspecified atom stereocenters. The number of rotatable bonds is 2. The molecular formula is C58H32O2S4. The Bertz CT molecular complexity index is 3560. The van der Waals surface area contributed by atoms with Crippen molar-refractivity contribution in [2.45, 2.75) is 30.4 Å². The molecule has 2 aliphatic heterocycles. The van der Waals surface area contributed by atoms with Gasteiger partial charge in [-0.05, 0) is 94.0 Å². The fourth-order valence-corrected chi connectivity index (χ4v) is 16.7. The molecule has 3 aliphatic rings. The van der Waals surface area contributed by atoms with Crippen LogP contribution < -0.4 is 0 Å². The highest BCUT2D eigenvalue weighted by Gasteiger charge is 2.60. The molecule has 0 amide bonds. The first kappa shape index (κ1) is 35.9. The second kappa shape index (κ2) is 13.0. The topological polar surface area (TPSA) is 26.3 Å². The van der Waals surface area contributed by atoms with Gasteiger partial charge >= 0.3 is 0 Å². The number of para-hydroxylation sites is 4. The van der Waals surface area contributed by atoms with E-state index in [0.717, 1.165) is 55.0 Å². The van der Waals surface area contributed by atoms with E-state index < -0.39 is 10.8 Å². The maximum Gasteiger partial charge on any atom is 0.144 e. The van der Waals surface area contributed by atoms with Crippen molar-refractivity contribution < 1.29 is 8.83 Å². The van der Waals surface area contributed by atoms with Gasteiger partial charge in [0.1, 0.15) is 22.3 Å². The molecule has 0 fully saturated rings. The van der Waals surface area contributed by atoms with Crippen molar-refractivity contribution in [2.24, 2.45) is 0 Å². The molecule has 1 aliphatic carbocycles. The quantitative estimate of drug-likeness (QED) is 0.173. The van der Waals surface area contributed by atoms with E-state index in [1.165, 1.54) is 72.5 Å². The standard InChI is InChI=1S/C58H32O2S4/c1-7-25-45-33(15-1)35-17-13-19-37(53(35)59-45)51-31-43-55(63-51)58(41-23-5-11-29-49(41)62-50-30-12-6-24-42(50)58)44-32-52(38-20-14-18-36-34-16-2-8-26-46(34)60-54(36)38)64-56(44)57(43)39-21-3-9-27-47(39)61-48-28-10-4-22-40(48)57/h1-32H. The normalized spacial score (nSPS) is 15.0. The summed E-state index contributed by atoms with van der Waals surface area (Å²) < 4.78 is 13.7. The molecule has 0 bridgehead atoms. The fourth-order valence-electron chi connectivity index (χ4n) is 11.3. The van der Waals surface area contributed by atoms with Gasteiger partial charge in [0.25, 0.3) is 0 Å². The Hall–Kier alpha value is -6.54. The Morgan fingerprint density at radius 3 is 1.06 bits per heavy atom. The third kappa shape index (κ3) is 4.49. The summed E-state index contributed by atoms with van der Waals surface area (Å²) in [5, 5.41) is 4.56. The molecule has 0 N–H and O–H groups in total. The Balaban J connectivity index is 1.14. The number of benzene rings is 8. The van der Waals surface area contributed by atoms with Gasteiger partial charge < -0.3 is 8.83 Å². The van der Waals surface area contributed by atoms with Crippen LogP contribution in [0.2, 0.25) is 0 Å². The molecule has 6 heteroatoms. The first-order valence-electron chi connectivity index (χ1n) is 21.6. The van der Waals surface area contributed by atoms with Gasteiger partial charge in [0.05, 0.1) is 10.8 Å². The second-order valence-corrected chi connectivity index (χ2v) is 21.2. The van der Waals surface area contributed by atoms with Gasteiger partial charge in [0, 0.05) is 71.8 Å². The highest BCUT2D eigenvalue weighted by Crippen LogP contribution is 2.70. The second-order valence-electron chi connectivity index (χ2n) is 17.0. The molecule has 0 radical (unpaired) electrons. The predicted octanol–water partition coefficient (Wildman–Crippen LogP) is 17.0. The van der Waals surface area contributed by atoms with Gasteiger partial charge in [-0.3, -0.25) is 0 Å². The van der Waals surface area contributed by atoms with E-state index in [2.05, 4.69) is 194 Å². The molecule has 0 saturated carbocycles. The van der Waals surface area contributed by atoms with Crippen molar-refractivity contribution in [1.29, 1.82) is 0 Å². The number of fused-ring (bicyclic) bond motifs is 20. The minimum Gasteiger partial charge on any atom is -0.455 e. The molecule has 12 aromatic rings. The van der Waals surface area contributed by atoms with Crippen LogP contribution in [0.5, 0.6) is 0 Å². The molecule has 8 aromatic carbocycles. The molecule has 2 nitrogen and oxygen atoms in total. The predicted molar refractivity (Wildman–Crippen MR) is 266 cm³/mol. The zero-order valence-electron chi connectivity index (χ0n) is 33.9. The summed E-state index contributed by atoms with van der Waals surface area (Å²) in [6.07, 6.45) is 0. The van der Waals surface area contributed by atoms with E-state index in [4.69, 9.17) is 8.83 Å². The fraction of sp³-hybridized carbons (Fsp3) is 0.0345. The average molecular weight is 889 g/mol. The van der Waals surface area contributed by atoms with Crippen molar-refractivity contribution in [3.8, 4) is 20.9 Å². The van der Waals surface area contributed by atoms with Gasteiger partial charge in [-0.1, -0.05) is 157 Å². The molecule has 64 heavy (non-hydrogen) atoms. The third-order valence-corrected chi connectivity index (χ3v) is 18.8. The molecule has 300 valence electrons. The SMILES string of the molecule is c1ccc2c(c1)Sc1ccccc1C21c2cc(-c3cccc4c3oc3ccccc34)sc2C2(c3ccccc3Sc3ccccc32)c2cc(-c3cccc4c3oc3ccccc34)sc21. The lowest BCUT2D eigenvalue weighted by Crippen LogP contribution is -2.45. The Kier molecular flexibility index (Phi) is 7.30. The Morgan fingerprint density at radius 2 is 0.656 bits per heavy atom. The van der Waals surface area contributed by atoms with Gasteiger partial charge in [0.15, 0.2) is 0 Å². The van der Waals surface area contributed by atoms with Gasteiger partial charge in [-0.15, -0.1) is 22.7 Å². The molecule has 15 rings (SSSR count). The van der Waals surface area contributed by atoms with E-state index >= 15 is 0 Å². The van der Waals surface area contributed by atoms with E-state index in [0.29, 0.717) is 0 Å². The molecular weight excluding hydrogens is 857 g/mol. The summed E-state index contributed by atoms with van der Waals surface area (Å²) in [4.78, 5) is 10.3. The Morgan fingerprint density at radius 1 is 0.312 bits per heavy atom. The summed E-state index contributed by atoms with van der Waals surface area (Å²) in [5.41, 5.74) is 12.6. The summed E-state index contributed by atoms with van der Waals surface area (Å²) in [5.74, 6) is 0. The molecule has 0 atom stereocenters. The van der Waals surface area contributed by atoms with E-state index in [1.54, 1.807) is 0 Å². The van der Waals surface area contributed by atoms with E-state index in [9.17, 15) is 0 Å². The molecule has 0 saturated heterocycles. The molecule has 2 spiro atoms. The Labute approximate surface area is 384 Å². The first-order valence-corrected chi connectivity index (χ1v) is 24.8. The molecule has 6 heterocycles. The highest BCUT2D eigenvalue weighted by molar-refractivity contribution is 7.99. The maximum atomic E-state index is 6.83. The van der Waals surface area contributed by atoms with Crippen LogP contribution in [-0.4, -0.2) is 0 Å². The number of hydrogen-bond donors (Lipinski definition) is 0. The number of thiophene rings is 2. The maximum absolute atomic E-state index is 6.83. The minimum absolute atomic E-state index is 0.635. The van der Waals surface area contributed by atoms with Crippen molar-refractivity contribution in [1.82, 2.24) is 0 Å². The summed E-state index contributed by atoms with van der Waals surface area (Å²) in [6.45, 7) is 0. The van der Waals surface area contributed by atoms with Crippen LogP contribution in [0, 0.1) is 0 Å². The largest absolute Gasteiger partial charge is 0.455 e. The van der Waals surface area contributed by atoms with Crippen molar-refractivity contribution in [2.75, 3.05) is 0 Å². The summed E-state index contributed by atoms with van der Waals surface area (Å²) >= 11 is 7.68. The third-order valence-electron chi connectivity index (χ3n) is 13.9. The van der Waals surface area contributed by atoms with Crippen molar-refractivity contribution in [3.05, 3.63) is 237 Å². The van der Waals surface area contributed by atoms with E-state index in [-0.39, 0.29) is 0 Å². The zero-order valence-corrected chi connectivity index (χ0v) is 37.2. The summed E-state index contributed by atoms with van der Waals surface area (Å²) in [7, 11) is 0. The average Bonchev–Trinajstić information content (AvgIpc) is 4.16. The van der Waals surface area contributed by atoms with Crippen molar-refractivity contribution in [3.63, 3.8) is 0 Å². The summed E-state index contributed by atoms with van der Waals surface area (Å²) in [6, 6.07) is 72.0.